The molecule has 1 aliphatic rings. The van der Waals surface area contributed by atoms with Gasteiger partial charge in [0.25, 0.3) is 0 Å². The average Bonchev–Trinajstić information content (AvgIpc) is 2.84. The standard InChI is InChI=1S/C15H27N3O2/c1-3-8-12(11-16)13-17-14(18-20-13)15(19-2)9-6-4-5-7-10-15/h12H,3-11,16H2,1-2H3. The number of nitrogens with zero attached hydrogens (tertiary/aromatic N) is 2. The monoisotopic (exact) mass is 281 g/mol. The van der Waals surface area contributed by atoms with E-state index in [1.165, 1.54) is 12.8 Å². The Bertz CT molecular complexity index is 398. The summed E-state index contributed by atoms with van der Waals surface area (Å²) in [7, 11) is 1.76. The number of ether oxygens (including phenoxy) is 1. The Labute approximate surface area is 121 Å². The second kappa shape index (κ2) is 7.18. The van der Waals surface area contributed by atoms with E-state index in [1.54, 1.807) is 7.11 Å². The topological polar surface area (TPSA) is 74.2 Å². The summed E-state index contributed by atoms with van der Waals surface area (Å²) in [6.45, 7) is 2.69. The van der Waals surface area contributed by atoms with Gasteiger partial charge in [-0.25, -0.2) is 0 Å². The van der Waals surface area contributed by atoms with Crippen LogP contribution < -0.4 is 5.73 Å². The van der Waals surface area contributed by atoms with Crippen LogP contribution in [0.3, 0.4) is 0 Å². The van der Waals surface area contributed by atoms with Crippen LogP contribution in [0.4, 0.5) is 0 Å². The smallest absolute Gasteiger partial charge is 0.231 e. The van der Waals surface area contributed by atoms with Gasteiger partial charge in [0.1, 0.15) is 5.60 Å². The second-order valence-electron chi connectivity index (χ2n) is 5.79. The van der Waals surface area contributed by atoms with Crippen molar-refractivity contribution in [3.8, 4) is 0 Å². The molecule has 1 aliphatic carbocycles. The van der Waals surface area contributed by atoms with Gasteiger partial charge >= 0.3 is 0 Å². The minimum Gasteiger partial charge on any atom is -0.370 e. The van der Waals surface area contributed by atoms with E-state index in [0.717, 1.165) is 38.5 Å². The fourth-order valence-corrected chi connectivity index (χ4v) is 3.10. The molecule has 0 aromatic carbocycles. The molecule has 0 bridgehead atoms. The summed E-state index contributed by atoms with van der Waals surface area (Å²) in [6, 6.07) is 0. The highest BCUT2D eigenvalue weighted by Crippen LogP contribution is 2.38. The zero-order valence-electron chi connectivity index (χ0n) is 12.7. The molecule has 1 saturated carbocycles. The molecule has 0 spiro atoms. The summed E-state index contributed by atoms with van der Waals surface area (Å²) in [5.41, 5.74) is 5.45. The van der Waals surface area contributed by atoms with Crippen LogP contribution in [-0.4, -0.2) is 23.8 Å². The minimum atomic E-state index is -0.358. The number of methoxy groups -OCH3 is 1. The second-order valence-corrected chi connectivity index (χ2v) is 5.79. The van der Waals surface area contributed by atoms with Crippen LogP contribution in [0.2, 0.25) is 0 Å². The van der Waals surface area contributed by atoms with Crippen LogP contribution in [-0.2, 0) is 10.3 Å². The van der Waals surface area contributed by atoms with Crippen LogP contribution in [0.15, 0.2) is 4.52 Å². The lowest BCUT2D eigenvalue weighted by Gasteiger charge is -2.27. The quantitative estimate of drug-likeness (QED) is 0.811. The molecular weight excluding hydrogens is 254 g/mol. The first-order valence-corrected chi connectivity index (χ1v) is 7.85. The van der Waals surface area contributed by atoms with Crippen LogP contribution in [0, 0.1) is 0 Å². The molecule has 5 nitrogen and oxygen atoms in total. The van der Waals surface area contributed by atoms with Crippen molar-refractivity contribution in [2.75, 3.05) is 13.7 Å². The lowest BCUT2D eigenvalue weighted by atomic mass is 9.93. The van der Waals surface area contributed by atoms with E-state index in [4.69, 9.17) is 15.0 Å². The number of hydrogen-bond donors (Lipinski definition) is 1. The van der Waals surface area contributed by atoms with E-state index >= 15 is 0 Å². The number of aromatic nitrogens is 2. The predicted molar refractivity (Wildman–Crippen MR) is 77.4 cm³/mol. The van der Waals surface area contributed by atoms with Crippen LogP contribution >= 0.6 is 0 Å². The molecule has 0 saturated heterocycles. The molecule has 0 radical (unpaired) electrons. The third kappa shape index (κ3) is 3.20. The molecule has 1 aromatic heterocycles. The summed E-state index contributed by atoms with van der Waals surface area (Å²) in [5, 5.41) is 4.21. The molecule has 20 heavy (non-hydrogen) atoms. The van der Waals surface area contributed by atoms with Gasteiger partial charge in [0, 0.05) is 13.7 Å². The maximum atomic E-state index is 5.82. The normalized spacial score (nSPS) is 20.6. The molecule has 1 aromatic rings. The summed E-state index contributed by atoms with van der Waals surface area (Å²) in [4.78, 5) is 4.63. The molecule has 1 unspecified atom stereocenters. The van der Waals surface area contributed by atoms with Gasteiger partial charge in [-0.2, -0.15) is 4.98 Å². The molecule has 1 fully saturated rings. The molecule has 0 amide bonds. The zero-order chi connectivity index (χ0) is 14.4. The van der Waals surface area contributed by atoms with Gasteiger partial charge in [-0.15, -0.1) is 0 Å². The maximum Gasteiger partial charge on any atom is 0.231 e. The Balaban J connectivity index is 2.20. The number of hydrogen-bond acceptors (Lipinski definition) is 5. The van der Waals surface area contributed by atoms with E-state index in [0.29, 0.717) is 18.3 Å². The van der Waals surface area contributed by atoms with E-state index in [2.05, 4.69) is 17.1 Å². The van der Waals surface area contributed by atoms with E-state index in [9.17, 15) is 0 Å². The zero-order valence-corrected chi connectivity index (χ0v) is 12.7. The molecule has 1 atom stereocenters. The van der Waals surface area contributed by atoms with Crippen LogP contribution in [0.25, 0.3) is 0 Å². The van der Waals surface area contributed by atoms with Crippen molar-refractivity contribution in [1.29, 1.82) is 0 Å². The maximum absolute atomic E-state index is 5.82. The fraction of sp³-hybridized carbons (Fsp3) is 0.867. The molecule has 114 valence electrons. The average molecular weight is 281 g/mol. The van der Waals surface area contributed by atoms with Crippen molar-refractivity contribution < 1.29 is 9.26 Å². The summed E-state index contributed by atoms with van der Waals surface area (Å²) >= 11 is 0. The molecular formula is C15H27N3O2. The van der Waals surface area contributed by atoms with Crippen molar-refractivity contribution in [2.24, 2.45) is 5.73 Å². The van der Waals surface area contributed by atoms with Gasteiger partial charge in [0.15, 0.2) is 0 Å². The van der Waals surface area contributed by atoms with E-state index in [-0.39, 0.29) is 11.5 Å². The van der Waals surface area contributed by atoms with Crippen molar-refractivity contribution in [3.05, 3.63) is 11.7 Å². The SMILES string of the molecule is CCCC(CN)c1nc(C2(OC)CCCCCC2)no1. The van der Waals surface area contributed by atoms with Gasteiger partial charge in [-0.1, -0.05) is 44.2 Å². The van der Waals surface area contributed by atoms with Crippen molar-refractivity contribution >= 4 is 0 Å². The van der Waals surface area contributed by atoms with Gasteiger partial charge in [0.05, 0.1) is 5.92 Å². The summed E-state index contributed by atoms with van der Waals surface area (Å²) in [5.74, 6) is 1.55. The molecule has 0 aliphatic heterocycles. The Kier molecular flexibility index (Phi) is 5.54. The van der Waals surface area contributed by atoms with Crippen molar-refractivity contribution in [3.63, 3.8) is 0 Å². The molecule has 2 rings (SSSR count). The van der Waals surface area contributed by atoms with Crippen LogP contribution in [0.1, 0.15) is 75.9 Å². The first-order valence-electron chi connectivity index (χ1n) is 7.85. The summed E-state index contributed by atoms with van der Waals surface area (Å²) < 4.78 is 11.3. The minimum absolute atomic E-state index is 0.168. The number of nitrogens with two attached hydrogens (primary N) is 1. The van der Waals surface area contributed by atoms with Gasteiger partial charge in [-0.05, 0) is 19.3 Å². The lowest BCUT2D eigenvalue weighted by molar-refractivity contribution is -0.0365. The first-order chi connectivity index (χ1) is 9.75. The van der Waals surface area contributed by atoms with Gasteiger partial charge in [0.2, 0.25) is 11.7 Å². The van der Waals surface area contributed by atoms with Crippen molar-refractivity contribution in [2.45, 2.75) is 69.8 Å². The Morgan fingerprint density at radius 1 is 1.30 bits per heavy atom. The molecule has 1 heterocycles. The lowest BCUT2D eigenvalue weighted by Crippen LogP contribution is -2.29. The van der Waals surface area contributed by atoms with E-state index in [1.807, 2.05) is 0 Å². The third-order valence-electron chi connectivity index (χ3n) is 4.42. The van der Waals surface area contributed by atoms with Gasteiger partial charge in [-0.3, -0.25) is 0 Å². The highest BCUT2D eigenvalue weighted by molar-refractivity contribution is 5.05. The Morgan fingerprint density at radius 2 is 2.00 bits per heavy atom. The van der Waals surface area contributed by atoms with Crippen LogP contribution in [0.5, 0.6) is 0 Å². The molecule has 2 N–H and O–H groups in total. The summed E-state index contributed by atoms with van der Waals surface area (Å²) in [6.07, 6.45) is 8.84. The largest absolute Gasteiger partial charge is 0.370 e. The van der Waals surface area contributed by atoms with Crippen molar-refractivity contribution in [1.82, 2.24) is 10.1 Å². The Hall–Kier alpha value is -0.940. The number of rotatable bonds is 6. The fourth-order valence-electron chi connectivity index (χ4n) is 3.10. The first kappa shape index (κ1) is 15.4. The Morgan fingerprint density at radius 3 is 2.55 bits per heavy atom. The highest BCUT2D eigenvalue weighted by atomic mass is 16.5. The van der Waals surface area contributed by atoms with Gasteiger partial charge < -0.3 is 15.0 Å². The van der Waals surface area contributed by atoms with E-state index < -0.39 is 0 Å². The third-order valence-corrected chi connectivity index (χ3v) is 4.42. The molecule has 5 heteroatoms. The predicted octanol–water partition coefficient (Wildman–Crippen LogP) is 3.11. The highest BCUT2D eigenvalue weighted by Gasteiger charge is 2.38.